The number of amides is 1. The Balaban J connectivity index is 1.67. The minimum absolute atomic E-state index is 0.0434. The van der Waals surface area contributed by atoms with Crippen LogP contribution in [0.1, 0.15) is 16.7 Å². The van der Waals surface area contributed by atoms with E-state index in [1.165, 1.54) is 43.6 Å². The number of hydrogen-bond donors (Lipinski definition) is 0. The van der Waals surface area contributed by atoms with E-state index in [-0.39, 0.29) is 16.6 Å². The molecule has 2 aromatic carbocycles. The van der Waals surface area contributed by atoms with Crippen molar-refractivity contribution < 1.29 is 17.6 Å². The van der Waals surface area contributed by atoms with Crippen LogP contribution >= 0.6 is 11.8 Å². The van der Waals surface area contributed by atoms with Gasteiger partial charge in [-0.15, -0.1) is 0 Å². The highest BCUT2D eigenvalue weighted by Gasteiger charge is 2.19. The van der Waals surface area contributed by atoms with Crippen molar-refractivity contribution in [1.82, 2.24) is 14.2 Å². The van der Waals surface area contributed by atoms with Crippen LogP contribution in [-0.2, 0) is 21.4 Å². The lowest BCUT2D eigenvalue weighted by Crippen LogP contribution is -2.28. The van der Waals surface area contributed by atoms with Gasteiger partial charge in [-0.05, 0) is 43.2 Å². The molecule has 0 atom stereocenters. The molecular weight excluding hydrogens is 422 g/mol. The maximum Gasteiger partial charge on any atom is 0.257 e. The van der Waals surface area contributed by atoms with E-state index >= 15 is 0 Å². The Kier molecular flexibility index (Phi) is 6.54. The number of aryl methyl sites for hydroxylation is 2. The van der Waals surface area contributed by atoms with E-state index in [2.05, 4.69) is 11.1 Å². The first-order valence-electron chi connectivity index (χ1n) is 9.34. The first-order chi connectivity index (χ1) is 14.1. The molecule has 3 aromatic rings. The predicted molar refractivity (Wildman–Crippen MR) is 118 cm³/mol. The van der Waals surface area contributed by atoms with E-state index < -0.39 is 10.0 Å². The number of fused-ring (bicyclic) bond motifs is 1. The molecule has 0 saturated carbocycles. The minimum atomic E-state index is -3.55. The summed E-state index contributed by atoms with van der Waals surface area (Å²) < 4.78 is 31.4. The van der Waals surface area contributed by atoms with Crippen molar-refractivity contribution in [1.29, 1.82) is 0 Å². The summed E-state index contributed by atoms with van der Waals surface area (Å²) in [5.41, 5.74) is 4.38. The molecule has 7 nitrogen and oxygen atoms in total. The number of nitrogens with zero attached hydrogens (tertiary/aromatic N) is 3. The van der Waals surface area contributed by atoms with Crippen LogP contribution in [0.2, 0.25) is 0 Å². The lowest BCUT2D eigenvalue weighted by Gasteiger charge is -2.18. The average Bonchev–Trinajstić information content (AvgIpc) is 3.10. The summed E-state index contributed by atoms with van der Waals surface area (Å²) >= 11 is 1.19. The third kappa shape index (κ3) is 4.85. The number of aromatic nitrogens is 1. The number of oxazole rings is 1. The van der Waals surface area contributed by atoms with Crippen molar-refractivity contribution in [3.63, 3.8) is 0 Å². The molecule has 0 aliphatic carbocycles. The lowest BCUT2D eigenvalue weighted by molar-refractivity contribution is -0.127. The fourth-order valence-corrected chi connectivity index (χ4v) is 4.62. The smallest absolute Gasteiger partial charge is 0.257 e. The number of carbonyl (C=O) groups excluding carboxylic acids is 1. The standard InChI is InChI=1S/C21H25N3O4S2/c1-14-6-7-16(15(2)10-14)12-24(5)20(25)13-29-21-22-18-11-17(8-9-19(18)28-21)30(26,27)23(3)4/h6-11H,12-13H2,1-5H3. The second kappa shape index (κ2) is 8.79. The molecule has 0 aliphatic heterocycles. The van der Waals surface area contributed by atoms with Crippen molar-refractivity contribution in [3.8, 4) is 0 Å². The van der Waals surface area contributed by atoms with Crippen molar-refractivity contribution in [3.05, 3.63) is 53.1 Å². The molecule has 1 heterocycles. The van der Waals surface area contributed by atoms with Crippen LogP contribution in [0.15, 0.2) is 50.9 Å². The Hall–Kier alpha value is -2.36. The summed E-state index contributed by atoms with van der Waals surface area (Å²) in [7, 11) is 1.17. The number of benzene rings is 2. The average molecular weight is 448 g/mol. The van der Waals surface area contributed by atoms with Gasteiger partial charge in [0.2, 0.25) is 15.9 Å². The highest BCUT2D eigenvalue weighted by atomic mass is 32.2. The van der Waals surface area contributed by atoms with Crippen LogP contribution < -0.4 is 0 Å². The Morgan fingerprint density at radius 2 is 1.83 bits per heavy atom. The fourth-order valence-electron chi connectivity index (χ4n) is 2.92. The normalized spacial score (nSPS) is 11.9. The van der Waals surface area contributed by atoms with Crippen LogP contribution in [0.5, 0.6) is 0 Å². The number of thioether (sulfide) groups is 1. The molecule has 30 heavy (non-hydrogen) atoms. The molecular formula is C21H25N3O4S2. The van der Waals surface area contributed by atoms with Gasteiger partial charge in [-0.1, -0.05) is 35.5 Å². The fraction of sp³-hybridized carbons (Fsp3) is 0.333. The third-order valence-corrected chi connectivity index (χ3v) is 7.39. The van der Waals surface area contributed by atoms with Crippen LogP contribution in [0.25, 0.3) is 11.1 Å². The number of rotatable bonds is 7. The molecule has 160 valence electrons. The van der Waals surface area contributed by atoms with E-state index in [1.807, 2.05) is 26.0 Å². The van der Waals surface area contributed by atoms with Crippen LogP contribution in [0.4, 0.5) is 0 Å². The number of hydrogen-bond acceptors (Lipinski definition) is 6. The van der Waals surface area contributed by atoms with E-state index in [0.717, 1.165) is 15.4 Å². The summed E-state index contributed by atoms with van der Waals surface area (Å²) in [6.07, 6.45) is 0. The van der Waals surface area contributed by atoms with Crippen molar-refractivity contribution in [2.24, 2.45) is 0 Å². The summed E-state index contributed by atoms with van der Waals surface area (Å²) in [5.74, 6) is 0.134. The van der Waals surface area contributed by atoms with E-state index in [4.69, 9.17) is 4.42 Å². The van der Waals surface area contributed by atoms with Gasteiger partial charge in [-0.25, -0.2) is 17.7 Å². The maximum atomic E-state index is 12.5. The maximum absolute atomic E-state index is 12.5. The Labute approximate surface area is 181 Å². The van der Waals surface area contributed by atoms with Gasteiger partial charge in [-0.3, -0.25) is 4.79 Å². The lowest BCUT2D eigenvalue weighted by atomic mass is 10.1. The van der Waals surface area contributed by atoms with Crippen molar-refractivity contribution >= 4 is 38.8 Å². The van der Waals surface area contributed by atoms with Crippen LogP contribution in [0, 0.1) is 13.8 Å². The molecule has 9 heteroatoms. The molecule has 0 spiro atoms. The van der Waals surface area contributed by atoms with Crippen LogP contribution in [0.3, 0.4) is 0 Å². The summed E-state index contributed by atoms with van der Waals surface area (Å²) in [6, 6.07) is 10.7. The zero-order chi connectivity index (χ0) is 22.1. The molecule has 0 unspecified atom stereocenters. The first-order valence-corrected chi connectivity index (χ1v) is 11.8. The second-order valence-electron chi connectivity index (χ2n) is 7.37. The summed E-state index contributed by atoms with van der Waals surface area (Å²) in [5, 5.41) is 0.331. The zero-order valence-electron chi connectivity index (χ0n) is 17.7. The molecule has 1 aromatic heterocycles. The van der Waals surface area contributed by atoms with Crippen molar-refractivity contribution in [2.45, 2.75) is 30.5 Å². The molecule has 0 N–H and O–H groups in total. The number of sulfonamides is 1. The second-order valence-corrected chi connectivity index (χ2v) is 10.4. The quantitative estimate of drug-likeness (QED) is 0.516. The first kappa shape index (κ1) is 22.3. The van der Waals surface area contributed by atoms with E-state index in [9.17, 15) is 13.2 Å². The van der Waals surface area contributed by atoms with E-state index in [0.29, 0.717) is 22.9 Å². The van der Waals surface area contributed by atoms with Gasteiger partial charge in [0, 0.05) is 27.7 Å². The Morgan fingerprint density at radius 1 is 1.10 bits per heavy atom. The van der Waals surface area contributed by atoms with Gasteiger partial charge >= 0.3 is 0 Å². The molecule has 0 aliphatic rings. The third-order valence-electron chi connectivity index (χ3n) is 4.77. The topological polar surface area (TPSA) is 83.7 Å². The molecule has 0 radical (unpaired) electrons. The Bertz CT molecular complexity index is 1190. The van der Waals surface area contributed by atoms with E-state index in [1.54, 1.807) is 18.0 Å². The zero-order valence-corrected chi connectivity index (χ0v) is 19.3. The molecule has 0 bridgehead atoms. The molecule has 0 fully saturated rings. The number of carbonyl (C=O) groups is 1. The van der Waals surface area contributed by atoms with Crippen LogP contribution in [-0.4, -0.2) is 55.4 Å². The van der Waals surface area contributed by atoms with Gasteiger partial charge in [0.25, 0.3) is 5.22 Å². The summed E-state index contributed by atoms with van der Waals surface area (Å²) in [4.78, 5) is 18.7. The van der Waals surface area contributed by atoms with Gasteiger partial charge < -0.3 is 9.32 Å². The highest BCUT2D eigenvalue weighted by Crippen LogP contribution is 2.26. The van der Waals surface area contributed by atoms with Gasteiger partial charge in [0.15, 0.2) is 5.58 Å². The van der Waals surface area contributed by atoms with Crippen molar-refractivity contribution in [2.75, 3.05) is 26.9 Å². The highest BCUT2D eigenvalue weighted by molar-refractivity contribution is 7.99. The molecule has 0 saturated heterocycles. The summed E-state index contributed by atoms with van der Waals surface area (Å²) in [6.45, 7) is 4.62. The van der Waals surface area contributed by atoms with Gasteiger partial charge in [-0.2, -0.15) is 0 Å². The molecule has 1 amide bonds. The monoisotopic (exact) mass is 447 g/mol. The van der Waals surface area contributed by atoms with Gasteiger partial charge in [0.1, 0.15) is 5.52 Å². The SMILES string of the molecule is Cc1ccc(CN(C)C(=O)CSc2nc3cc(S(=O)(=O)N(C)C)ccc3o2)c(C)c1. The largest absolute Gasteiger partial charge is 0.431 e. The van der Waals surface area contributed by atoms with Gasteiger partial charge in [0.05, 0.1) is 10.6 Å². The predicted octanol–water partition coefficient (Wildman–Crippen LogP) is 3.45. The Morgan fingerprint density at radius 3 is 2.50 bits per heavy atom. The minimum Gasteiger partial charge on any atom is -0.431 e. The molecule has 3 rings (SSSR count).